The average molecular weight is 254 g/mol. The van der Waals surface area contributed by atoms with Gasteiger partial charge in [0.15, 0.2) is 0 Å². The second-order valence-corrected chi connectivity index (χ2v) is 6.17. The van der Waals surface area contributed by atoms with Crippen molar-refractivity contribution in [3.63, 3.8) is 0 Å². The van der Waals surface area contributed by atoms with E-state index in [1.54, 1.807) is 0 Å². The predicted octanol–water partition coefficient (Wildman–Crippen LogP) is 2.84. The molecule has 0 spiro atoms. The lowest BCUT2D eigenvalue weighted by atomic mass is 9.81. The van der Waals surface area contributed by atoms with Crippen LogP contribution in [0.25, 0.3) is 0 Å². The minimum Gasteiger partial charge on any atom is -0.354 e. The number of amides is 1. The van der Waals surface area contributed by atoms with Crippen LogP contribution in [0.5, 0.6) is 0 Å². The zero-order valence-corrected chi connectivity index (χ0v) is 12.3. The maximum Gasteiger partial charge on any atom is 0.239 e. The third kappa shape index (κ3) is 4.60. The van der Waals surface area contributed by atoms with Crippen LogP contribution in [0.2, 0.25) is 0 Å². The van der Waals surface area contributed by atoms with Gasteiger partial charge in [0.1, 0.15) is 0 Å². The largest absolute Gasteiger partial charge is 0.354 e. The Morgan fingerprint density at radius 3 is 2.28 bits per heavy atom. The molecular weight excluding hydrogens is 224 g/mol. The Morgan fingerprint density at radius 2 is 1.78 bits per heavy atom. The summed E-state index contributed by atoms with van der Waals surface area (Å²) in [7, 11) is 0. The molecule has 1 aliphatic carbocycles. The fourth-order valence-corrected chi connectivity index (χ4v) is 2.92. The number of rotatable bonds is 6. The second kappa shape index (κ2) is 7.13. The van der Waals surface area contributed by atoms with E-state index < -0.39 is 5.54 Å². The van der Waals surface area contributed by atoms with E-state index in [1.165, 1.54) is 32.1 Å². The quantitative estimate of drug-likeness (QED) is 0.766. The van der Waals surface area contributed by atoms with Gasteiger partial charge in [-0.1, -0.05) is 39.5 Å². The fraction of sp³-hybridized carbons (Fsp3) is 0.933. The zero-order chi connectivity index (χ0) is 13.6. The van der Waals surface area contributed by atoms with Gasteiger partial charge in [-0.2, -0.15) is 0 Å². The molecule has 0 aliphatic heterocycles. The number of carbonyl (C=O) groups excluding carboxylic acids is 1. The van der Waals surface area contributed by atoms with Gasteiger partial charge in [0.05, 0.1) is 5.54 Å². The van der Waals surface area contributed by atoms with Gasteiger partial charge in [-0.15, -0.1) is 0 Å². The molecule has 0 heterocycles. The molecule has 1 atom stereocenters. The van der Waals surface area contributed by atoms with Crippen LogP contribution in [0, 0.1) is 11.8 Å². The molecule has 3 heteroatoms. The van der Waals surface area contributed by atoms with E-state index in [1.807, 2.05) is 6.92 Å². The Kier molecular flexibility index (Phi) is 6.13. The van der Waals surface area contributed by atoms with Crippen molar-refractivity contribution in [2.45, 2.75) is 71.3 Å². The number of hydrogen-bond acceptors (Lipinski definition) is 2. The van der Waals surface area contributed by atoms with Crippen molar-refractivity contribution in [2.75, 3.05) is 6.54 Å². The van der Waals surface area contributed by atoms with Crippen molar-refractivity contribution in [1.82, 2.24) is 5.32 Å². The van der Waals surface area contributed by atoms with Crippen molar-refractivity contribution in [1.29, 1.82) is 0 Å². The lowest BCUT2D eigenvalue weighted by Gasteiger charge is -2.29. The summed E-state index contributed by atoms with van der Waals surface area (Å²) in [4.78, 5) is 12.0. The first-order valence-electron chi connectivity index (χ1n) is 7.56. The van der Waals surface area contributed by atoms with Gasteiger partial charge < -0.3 is 11.1 Å². The molecular formula is C15H30N2O. The Morgan fingerprint density at radius 1 is 1.22 bits per heavy atom. The van der Waals surface area contributed by atoms with Gasteiger partial charge in [-0.3, -0.25) is 4.79 Å². The summed E-state index contributed by atoms with van der Waals surface area (Å²) in [5.41, 5.74) is 5.32. The van der Waals surface area contributed by atoms with E-state index in [4.69, 9.17) is 5.73 Å². The summed E-state index contributed by atoms with van der Waals surface area (Å²) in [6, 6.07) is 0. The van der Waals surface area contributed by atoms with Gasteiger partial charge in [0.25, 0.3) is 0 Å². The van der Waals surface area contributed by atoms with Crippen molar-refractivity contribution >= 4 is 5.91 Å². The number of hydrogen-bond donors (Lipinski definition) is 2. The first-order valence-corrected chi connectivity index (χ1v) is 7.56. The van der Waals surface area contributed by atoms with E-state index in [0.717, 1.165) is 25.3 Å². The van der Waals surface area contributed by atoms with Crippen LogP contribution >= 0.6 is 0 Å². The molecule has 1 fully saturated rings. The van der Waals surface area contributed by atoms with Gasteiger partial charge >= 0.3 is 0 Å². The minimum atomic E-state index is -0.699. The number of carbonyl (C=O) groups is 1. The highest BCUT2D eigenvalue weighted by molar-refractivity contribution is 5.85. The van der Waals surface area contributed by atoms with Crippen LogP contribution in [0.3, 0.4) is 0 Å². The van der Waals surface area contributed by atoms with Crippen LogP contribution < -0.4 is 11.1 Å². The molecule has 1 rings (SSSR count). The molecule has 0 aromatic carbocycles. The molecule has 0 aromatic rings. The normalized spacial score (nSPS) is 27.6. The smallest absolute Gasteiger partial charge is 0.239 e. The molecule has 1 aliphatic rings. The predicted molar refractivity (Wildman–Crippen MR) is 76.2 cm³/mol. The molecule has 1 amide bonds. The lowest BCUT2D eigenvalue weighted by Crippen LogP contribution is -2.52. The molecule has 3 nitrogen and oxygen atoms in total. The monoisotopic (exact) mass is 254 g/mol. The standard InChI is InChI=1S/C15H30N2O/c1-4-10-15(3,16)14(18)17-11-13-8-6-12(5-2)7-9-13/h12-13H,4-11,16H2,1-3H3,(H,17,18). The molecule has 3 N–H and O–H groups in total. The molecule has 1 saturated carbocycles. The minimum absolute atomic E-state index is 0.0157. The molecule has 0 radical (unpaired) electrons. The molecule has 0 bridgehead atoms. The zero-order valence-electron chi connectivity index (χ0n) is 12.3. The van der Waals surface area contributed by atoms with Gasteiger partial charge in [0.2, 0.25) is 5.91 Å². The molecule has 0 saturated heterocycles. The third-order valence-electron chi connectivity index (χ3n) is 4.38. The SMILES string of the molecule is CCCC(C)(N)C(=O)NCC1CCC(CC)CC1. The summed E-state index contributed by atoms with van der Waals surface area (Å²) in [5.74, 6) is 1.59. The average Bonchev–Trinajstić information content (AvgIpc) is 2.36. The molecule has 106 valence electrons. The third-order valence-corrected chi connectivity index (χ3v) is 4.38. The van der Waals surface area contributed by atoms with Crippen LogP contribution in [0.15, 0.2) is 0 Å². The van der Waals surface area contributed by atoms with Crippen molar-refractivity contribution in [3.8, 4) is 0 Å². The first kappa shape index (κ1) is 15.5. The van der Waals surface area contributed by atoms with E-state index in [2.05, 4.69) is 19.2 Å². The lowest BCUT2D eigenvalue weighted by molar-refractivity contribution is -0.126. The van der Waals surface area contributed by atoms with Crippen LogP contribution in [0.1, 0.15) is 65.7 Å². The van der Waals surface area contributed by atoms with Crippen molar-refractivity contribution in [2.24, 2.45) is 17.6 Å². The van der Waals surface area contributed by atoms with E-state index in [-0.39, 0.29) is 5.91 Å². The highest BCUT2D eigenvalue weighted by Gasteiger charge is 2.28. The van der Waals surface area contributed by atoms with Crippen LogP contribution in [-0.4, -0.2) is 18.0 Å². The van der Waals surface area contributed by atoms with Gasteiger partial charge in [0, 0.05) is 6.54 Å². The maximum absolute atomic E-state index is 12.0. The summed E-state index contributed by atoms with van der Waals surface area (Å²) >= 11 is 0. The van der Waals surface area contributed by atoms with Gasteiger partial charge in [-0.05, 0) is 38.0 Å². The highest BCUT2D eigenvalue weighted by Crippen LogP contribution is 2.30. The molecule has 18 heavy (non-hydrogen) atoms. The summed E-state index contributed by atoms with van der Waals surface area (Å²) in [5, 5.41) is 3.05. The van der Waals surface area contributed by atoms with Crippen LogP contribution in [-0.2, 0) is 4.79 Å². The first-order chi connectivity index (χ1) is 8.49. The summed E-state index contributed by atoms with van der Waals surface area (Å²) in [6.45, 7) is 6.98. The van der Waals surface area contributed by atoms with Crippen LogP contribution in [0.4, 0.5) is 0 Å². The Labute approximate surface area is 112 Å². The molecule has 0 aromatic heterocycles. The topological polar surface area (TPSA) is 55.1 Å². The summed E-state index contributed by atoms with van der Waals surface area (Å²) in [6.07, 6.45) is 8.17. The number of nitrogens with two attached hydrogens (primary N) is 1. The number of nitrogens with one attached hydrogen (secondary N) is 1. The highest BCUT2D eigenvalue weighted by atomic mass is 16.2. The van der Waals surface area contributed by atoms with Gasteiger partial charge in [-0.25, -0.2) is 0 Å². The summed E-state index contributed by atoms with van der Waals surface area (Å²) < 4.78 is 0. The maximum atomic E-state index is 12.0. The second-order valence-electron chi connectivity index (χ2n) is 6.17. The Balaban J connectivity index is 2.27. The van der Waals surface area contributed by atoms with E-state index in [0.29, 0.717) is 5.92 Å². The van der Waals surface area contributed by atoms with Crippen molar-refractivity contribution in [3.05, 3.63) is 0 Å². The van der Waals surface area contributed by atoms with Crippen molar-refractivity contribution < 1.29 is 4.79 Å². The van der Waals surface area contributed by atoms with E-state index >= 15 is 0 Å². The molecule has 1 unspecified atom stereocenters. The van der Waals surface area contributed by atoms with E-state index in [9.17, 15) is 4.79 Å². The Bertz CT molecular complexity index is 255. The Hall–Kier alpha value is -0.570. The fourth-order valence-electron chi connectivity index (χ4n) is 2.92.